The predicted molar refractivity (Wildman–Crippen MR) is 91.1 cm³/mol. The molecule has 1 N–H and O–H groups in total. The van der Waals surface area contributed by atoms with Crippen LogP contribution in [-0.4, -0.2) is 22.1 Å². The van der Waals surface area contributed by atoms with Crippen LogP contribution in [0.4, 0.5) is 0 Å². The highest BCUT2D eigenvalue weighted by molar-refractivity contribution is 6.00. The van der Waals surface area contributed by atoms with Gasteiger partial charge in [0, 0.05) is 22.5 Å². The second kappa shape index (κ2) is 5.32. The zero-order valence-corrected chi connectivity index (χ0v) is 12.7. The van der Waals surface area contributed by atoms with Crippen LogP contribution >= 0.6 is 0 Å². The van der Waals surface area contributed by atoms with Gasteiger partial charge in [-0.2, -0.15) is 0 Å². The van der Waals surface area contributed by atoms with E-state index in [1.54, 1.807) is 0 Å². The summed E-state index contributed by atoms with van der Waals surface area (Å²) in [5.41, 5.74) is 3.51. The fourth-order valence-electron chi connectivity index (χ4n) is 3.01. The zero-order chi connectivity index (χ0) is 15.8. The van der Waals surface area contributed by atoms with Crippen LogP contribution in [0.15, 0.2) is 60.8 Å². The van der Waals surface area contributed by atoms with Crippen LogP contribution in [0.1, 0.15) is 17.4 Å². The highest BCUT2D eigenvalue weighted by Crippen LogP contribution is 2.29. The maximum absolute atomic E-state index is 12.4. The lowest BCUT2D eigenvalue weighted by atomic mass is 10.2. The van der Waals surface area contributed by atoms with Crippen molar-refractivity contribution in [3.8, 4) is 5.69 Å². The Bertz CT molecular complexity index is 1010. The van der Waals surface area contributed by atoms with Gasteiger partial charge >= 0.3 is 5.97 Å². The summed E-state index contributed by atoms with van der Waals surface area (Å²) in [5, 5.41) is 2.08. The molecule has 2 aromatic carbocycles. The van der Waals surface area contributed by atoms with Gasteiger partial charge < -0.3 is 14.3 Å². The molecule has 4 nitrogen and oxygen atoms in total. The molecule has 0 saturated heterocycles. The molecule has 2 heterocycles. The number of H-pyrrole nitrogens is 1. The fourth-order valence-corrected chi connectivity index (χ4v) is 3.01. The number of carbonyl (C=O) groups excluding carboxylic acids is 1. The first-order chi connectivity index (χ1) is 11.3. The molecule has 0 amide bonds. The van der Waals surface area contributed by atoms with Gasteiger partial charge in [-0.05, 0) is 25.1 Å². The number of rotatable bonds is 3. The number of esters is 1. The number of nitrogens with one attached hydrogen (secondary N) is 1. The number of aromatic amines is 1. The molecule has 0 saturated carbocycles. The first-order valence-corrected chi connectivity index (χ1v) is 7.63. The van der Waals surface area contributed by atoms with Crippen molar-refractivity contribution in [1.29, 1.82) is 0 Å². The first-order valence-electron chi connectivity index (χ1n) is 7.63. The van der Waals surface area contributed by atoms with Crippen molar-refractivity contribution in [2.24, 2.45) is 0 Å². The van der Waals surface area contributed by atoms with E-state index in [9.17, 15) is 4.79 Å². The van der Waals surface area contributed by atoms with Crippen molar-refractivity contribution >= 4 is 27.8 Å². The van der Waals surface area contributed by atoms with Gasteiger partial charge in [-0.15, -0.1) is 0 Å². The maximum atomic E-state index is 12.4. The summed E-state index contributed by atoms with van der Waals surface area (Å²) >= 11 is 0. The number of ether oxygens (including phenoxy) is 1. The largest absolute Gasteiger partial charge is 0.461 e. The third kappa shape index (κ3) is 2.11. The Morgan fingerprint density at radius 2 is 1.91 bits per heavy atom. The number of aromatic nitrogens is 2. The standard InChI is InChI=1S/C19H16N2O2/c1-2-23-19(22)17-11-13-7-3-6-10-16(13)21(17)18-12-20-15-9-5-4-8-14(15)18/h3-12,20H,2H2,1H3. The molecule has 0 fully saturated rings. The highest BCUT2D eigenvalue weighted by Gasteiger charge is 2.19. The second-order valence-electron chi connectivity index (χ2n) is 5.36. The number of benzene rings is 2. The van der Waals surface area contributed by atoms with Crippen LogP contribution in [0.25, 0.3) is 27.5 Å². The molecule has 4 rings (SSSR count). The quantitative estimate of drug-likeness (QED) is 0.574. The molecule has 0 spiro atoms. The van der Waals surface area contributed by atoms with Crippen LogP contribution in [-0.2, 0) is 4.74 Å². The van der Waals surface area contributed by atoms with Gasteiger partial charge in [-0.3, -0.25) is 0 Å². The van der Waals surface area contributed by atoms with Crippen LogP contribution in [0.5, 0.6) is 0 Å². The molecule has 0 unspecified atom stereocenters. The third-order valence-corrected chi connectivity index (χ3v) is 4.00. The van der Waals surface area contributed by atoms with Gasteiger partial charge in [0.15, 0.2) is 0 Å². The Hall–Kier alpha value is -3.01. The smallest absolute Gasteiger partial charge is 0.355 e. The van der Waals surface area contributed by atoms with E-state index in [1.807, 2.05) is 72.3 Å². The molecule has 23 heavy (non-hydrogen) atoms. The Morgan fingerprint density at radius 1 is 1.13 bits per heavy atom. The van der Waals surface area contributed by atoms with Gasteiger partial charge in [0.05, 0.1) is 17.8 Å². The van der Waals surface area contributed by atoms with Crippen molar-refractivity contribution in [2.75, 3.05) is 6.61 Å². The van der Waals surface area contributed by atoms with Crippen molar-refractivity contribution < 1.29 is 9.53 Å². The number of nitrogens with zero attached hydrogens (tertiary/aromatic N) is 1. The number of para-hydroxylation sites is 2. The Labute approximate surface area is 133 Å². The van der Waals surface area contributed by atoms with E-state index < -0.39 is 0 Å². The minimum absolute atomic E-state index is 0.311. The summed E-state index contributed by atoms with van der Waals surface area (Å²) in [6.45, 7) is 2.17. The number of hydrogen-bond acceptors (Lipinski definition) is 2. The van der Waals surface area contributed by atoms with E-state index in [4.69, 9.17) is 4.74 Å². The molecule has 0 aliphatic carbocycles. The van der Waals surface area contributed by atoms with E-state index in [0.29, 0.717) is 12.3 Å². The molecular weight excluding hydrogens is 288 g/mol. The molecule has 4 heteroatoms. The molecule has 0 aliphatic heterocycles. The average Bonchev–Trinajstić information content (AvgIpc) is 3.15. The van der Waals surface area contributed by atoms with E-state index in [1.165, 1.54) is 0 Å². The summed E-state index contributed by atoms with van der Waals surface area (Å²) in [7, 11) is 0. The van der Waals surface area contributed by atoms with Crippen LogP contribution in [0, 0.1) is 0 Å². The summed E-state index contributed by atoms with van der Waals surface area (Å²) in [6, 6.07) is 17.9. The molecule has 4 aromatic rings. The van der Waals surface area contributed by atoms with Crippen molar-refractivity contribution in [1.82, 2.24) is 9.55 Å². The fraction of sp³-hybridized carbons (Fsp3) is 0.105. The lowest BCUT2D eigenvalue weighted by Crippen LogP contribution is -2.10. The van der Waals surface area contributed by atoms with Gasteiger partial charge in [-0.25, -0.2) is 4.79 Å². The SMILES string of the molecule is CCOC(=O)c1cc2ccccc2n1-c1c[nH]c2ccccc12. The normalized spacial score (nSPS) is 11.2. The van der Waals surface area contributed by atoms with Crippen LogP contribution < -0.4 is 0 Å². The average molecular weight is 304 g/mol. The molecule has 0 atom stereocenters. The molecule has 0 radical (unpaired) electrons. The molecule has 2 aromatic heterocycles. The van der Waals surface area contributed by atoms with E-state index in [0.717, 1.165) is 27.5 Å². The van der Waals surface area contributed by atoms with E-state index in [-0.39, 0.29) is 5.97 Å². The zero-order valence-electron chi connectivity index (χ0n) is 12.7. The second-order valence-corrected chi connectivity index (χ2v) is 5.36. The van der Waals surface area contributed by atoms with E-state index >= 15 is 0 Å². The number of fused-ring (bicyclic) bond motifs is 2. The number of hydrogen-bond donors (Lipinski definition) is 1. The minimum Gasteiger partial charge on any atom is -0.461 e. The molecule has 0 bridgehead atoms. The van der Waals surface area contributed by atoms with E-state index in [2.05, 4.69) is 4.98 Å². The summed E-state index contributed by atoms with van der Waals surface area (Å²) < 4.78 is 7.20. The predicted octanol–water partition coefficient (Wildman–Crippen LogP) is 4.29. The molecule has 0 aliphatic rings. The van der Waals surface area contributed by atoms with Gasteiger partial charge in [0.1, 0.15) is 5.69 Å². The van der Waals surface area contributed by atoms with Crippen LogP contribution in [0.3, 0.4) is 0 Å². The van der Waals surface area contributed by atoms with Crippen LogP contribution in [0.2, 0.25) is 0 Å². The summed E-state index contributed by atoms with van der Waals surface area (Å²) in [4.78, 5) is 15.7. The van der Waals surface area contributed by atoms with Crippen molar-refractivity contribution in [3.05, 3.63) is 66.5 Å². The van der Waals surface area contributed by atoms with Gasteiger partial charge in [-0.1, -0.05) is 36.4 Å². The monoisotopic (exact) mass is 304 g/mol. The minimum atomic E-state index is -0.311. The summed E-state index contributed by atoms with van der Waals surface area (Å²) in [6.07, 6.45) is 1.93. The van der Waals surface area contributed by atoms with Gasteiger partial charge in [0.2, 0.25) is 0 Å². The Morgan fingerprint density at radius 3 is 2.78 bits per heavy atom. The number of carbonyl (C=O) groups is 1. The molecule has 114 valence electrons. The van der Waals surface area contributed by atoms with Crippen molar-refractivity contribution in [3.63, 3.8) is 0 Å². The third-order valence-electron chi connectivity index (χ3n) is 4.00. The van der Waals surface area contributed by atoms with Crippen molar-refractivity contribution in [2.45, 2.75) is 6.92 Å². The lowest BCUT2D eigenvalue weighted by Gasteiger charge is -2.09. The summed E-state index contributed by atoms with van der Waals surface area (Å²) in [5.74, 6) is -0.311. The topological polar surface area (TPSA) is 47.0 Å². The van der Waals surface area contributed by atoms with Gasteiger partial charge in [0.25, 0.3) is 0 Å². The maximum Gasteiger partial charge on any atom is 0.355 e. The Kier molecular flexibility index (Phi) is 3.15. The highest BCUT2D eigenvalue weighted by atomic mass is 16.5. The Balaban J connectivity index is 2.04. The molecular formula is C19H16N2O2. The lowest BCUT2D eigenvalue weighted by molar-refractivity contribution is 0.0517. The first kappa shape index (κ1) is 13.6.